The van der Waals surface area contributed by atoms with Gasteiger partial charge >= 0.3 is 5.97 Å². The van der Waals surface area contributed by atoms with Gasteiger partial charge in [-0.05, 0) is 32.1 Å². The van der Waals surface area contributed by atoms with Crippen molar-refractivity contribution in [3.63, 3.8) is 0 Å². The number of unbranched alkanes of at least 4 members (excludes halogenated alkanes) is 2. The fourth-order valence-corrected chi connectivity index (χ4v) is 6.07. The molecule has 0 unspecified atom stereocenters. The van der Waals surface area contributed by atoms with Crippen LogP contribution in [0.4, 0.5) is 0 Å². The maximum atomic E-state index is 11.1. The van der Waals surface area contributed by atoms with Gasteiger partial charge in [-0.2, -0.15) is 16.8 Å². The SMILES string of the molecule is C[SiH](C)CCC[N+](CCCCS(=O)(=O)O)(CCCCS(=O)(=O)O)CCOCCOCCOCCC(=O)O. The van der Waals surface area contributed by atoms with Crippen molar-refractivity contribution >= 4 is 35.0 Å². The van der Waals surface area contributed by atoms with E-state index in [1.165, 1.54) is 6.04 Å². The van der Waals surface area contributed by atoms with Crippen LogP contribution in [0.1, 0.15) is 38.5 Å². The second-order valence-corrected chi connectivity index (χ2v) is 16.2. The average Bonchev–Trinajstić information content (AvgIpc) is 2.76. The van der Waals surface area contributed by atoms with Crippen molar-refractivity contribution in [2.45, 2.75) is 57.7 Å². The highest BCUT2D eigenvalue weighted by atomic mass is 32.2. The van der Waals surface area contributed by atoms with Crippen molar-refractivity contribution in [3.8, 4) is 0 Å². The molecule has 0 aromatic carbocycles. The summed E-state index contributed by atoms with van der Waals surface area (Å²) in [6.07, 6.45) is 2.85. The van der Waals surface area contributed by atoms with Crippen LogP contribution in [0.3, 0.4) is 0 Å². The fourth-order valence-electron chi connectivity index (χ4n) is 3.93. The summed E-state index contributed by atoms with van der Waals surface area (Å²) in [6.45, 7) is 9.47. The van der Waals surface area contributed by atoms with Crippen LogP contribution in [0, 0.1) is 0 Å². The molecule has 0 amide bonds. The fraction of sp³-hybridized carbons (Fsp3) is 0.955. The van der Waals surface area contributed by atoms with Gasteiger partial charge in [-0.25, -0.2) is 0 Å². The number of carbonyl (C=O) groups is 1. The lowest BCUT2D eigenvalue weighted by Crippen LogP contribution is -2.52. The molecule has 12 nitrogen and oxygen atoms in total. The summed E-state index contributed by atoms with van der Waals surface area (Å²) in [6, 6.07) is 1.17. The summed E-state index contributed by atoms with van der Waals surface area (Å²) in [7, 11) is -8.79. The third-order valence-electron chi connectivity index (χ3n) is 5.90. The Bertz CT molecular complexity index is 767. The van der Waals surface area contributed by atoms with Gasteiger partial charge in [0.1, 0.15) is 6.54 Å². The highest BCUT2D eigenvalue weighted by Gasteiger charge is 2.27. The summed E-state index contributed by atoms with van der Waals surface area (Å²) in [5.41, 5.74) is 0. The van der Waals surface area contributed by atoms with E-state index in [2.05, 4.69) is 13.1 Å². The number of aliphatic carboxylic acids is 1. The monoisotopic (exact) mass is 594 g/mol. The van der Waals surface area contributed by atoms with Gasteiger partial charge in [0, 0.05) is 8.80 Å². The van der Waals surface area contributed by atoms with E-state index >= 15 is 0 Å². The molecule has 0 saturated heterocycles. The van der Waals surface area contributed by atoms with Crippen molar-refractivity contribution in [1.29, 1.82) is 0 Å². The number of quaternary nitrogens is 1. The summed E-state index contributed by atoms with van der Waals surface area (Å²) in [5, 5.41) is 8.56. The van der Waals surface area contributed by atoms with Crippen LogP contribution < -0.4 is 0 Å². The normalized spacial score (nSPS) is 12.9. The molecule has 0 aliphatic rings. The maximum absolute atomic E-state index is 11.1. The summed E-state index contributed by atoms with van der Waals surface area (Å²) < 4.78 is 79.6. The van der Waals surface area contributed by atoms with Gasteiger partial charge in [0.05, 0.1) is 77.2 Å². The average molecular weight is 595 g/mol. The molecule has 0 rings (SSSR count). The number of carboxylic acids is 1. The first-order chi connectivity index (χ1) is 17.2. The van der Waals surface area contributed by atoms with Gasteiger partial charge in [0.25, 0.3) is 20.2 Å². The minimum absolute atomic E-state index is 0.0475. The molecule has 0 spiro atoms. The minimum Gasteiger partial charge on any atom is -0.481 e. The molecular weight excluding hydrogens is 546 g/mol. The van der Waals surface area contributed by atoms with Crippen molar-refractivity contribution < 1.29 is 54.5 Å². The van der Waals surface area contributed by atoms with Crippen LogP contribution in [0.2, 0.25) is 19.1 Å². The van der Waals surface area contributed by atoms with Crippen LogP contribution in [0.25, 0.3) is 0 Å². The number of ether oxygens (including phenoxy) is 3. The first kappa shape index (κ1) is 36.3. The Labute approximate surface area is 224 Å². The van der Waals surface area contributed by atoms with Crippen molar-refractivity contribution in [2.75, 3.05) is 77.3 Å². The molecule has 0 heterocycles. The number of hydrogen-bond acceptors (Lipinski definition) is 8. The highest BCUT2D eigenvalue weighted by Crippen LogP contribution is 2.16. The lowest BCUT2D eigenvalue weighted by atomic mass is 10.2. The zero-order chi connectivity index (χ0) is 28.2. The summed E-state index contributed by atoms with van der Waals surface area (Å²) >= 11 is 0. The molecule has 0 radical (unpaired) electrons. The molecule has 0 aliphatic carbocycles. The summed E-state index contributed by atoms with van der Waals surface area (Å²) in [4.78, 5) is 10.4. The Morgan fingerprint density at radius 2 is 1.11 bits per heavy atom. The lowest BCUT2D eigenvalue weighted by Gasteiger charge is -2.39. The number of nitrogens with zero attached hydrogens (tertiary/aromatic N) is 1. The number of rotatable bonds is 26. The van der Waals surface area contributed by atoms with E-state index in [1.54, 1.807) is 0 Å². The van der Waals surface area contributed by atoms with Crippen molar-refractivity contribution in [1.82, 2.24) is 0 Å². The molecular formula is C22H48NO11S2Si+. The molecule has 0 atom stereocenters. The molecule has 3 N–H and O–H groups in total. The van der Waals surface area contributed by atoms with Gasteiger partial charge in [0.2, 0.25) is 0 Å². The van der Waals surface area contributed by atoms with E-state index in [0.717, 1.165) is 13.0 Å². The molecule has 222 valence electrons. The molecule has 15 heteroatoms. The second kappa shape index (κ2) is 20.3. The second-order valence-electron chi connectivity index (χ2n) is 9.74. The van der Waals surface area contributed by atoms with Crippen molar-refractivity contribution in [2.24, 2.45) is 0 Å². The quantitative estimate of drug-likeness (QED) is 0.0573. The van der Waals surface area contributed by atoms with Crippen LogP contribution in [0.15, 0.2) is 0 Å². The Hall–Kier alpha value is -0.653. The molecule has 37 heavy (non-hydrogen) atoms. The van der Waals surface area contributed by atoms with E-state index in [-0.39, 0.29) is 24.5 Å². The smallest absolute Gasteiger partial charge is 0.305 e. The van der Waals surface area contributed by atoms with Gasteiger partial charge in [-0.3, -0.25) is 13.9 Å². The van der Waals surface area contributed by atoms with Crippen LogP contribution in [0.5, 0.6) is 0 Å². The topological polar surface area (TPSA) is 174 Å². The number of hydrogen-bond donors (Lipinski definition) is 3. The van der Waals surface area contributed by atoms with E-state index in [0.29, 0.717) is 82.8 Å². The standard InChI is InChI=1S/C22H47NO11S2Si/c1-37(2)21-7-11-23(9-3-5-19-35(26,27)28,10-4-6-20-36(29,30)31)12-14-33-16-18-34-17-15-32-13-8-22(24)25/h37H,3-21H2,1-2H3,(H2-,24,25,26,27,28,29,30,31)/p+1. The van der Waals surface area contributed by atoms with Gasteiger partial charge in [-0.15, -0.1) is 0 Å². The van der Waals surface area contributed by atoms with Crippen LogP contribution in [-0.4, -0.2) is 128 Å². The molecule has 0 aromatic heterocycles. The molecule has 0 fully saturated rings. The van der Waals surface area contributed by atoms with Gasteiger partial charge < -0.3 is 23.8 Å². The first-order valence-electron chi connectivity index (χ1n) is 13.0. The van der Waals surface area contributed by atoms with Crippen molar-refractivity contribution in [3.05, 3.63) is 0 Å². The molecule has 0 saturated carbocycles. The predicted molar refractivity (Wildman–Crippen MR) is 144 cm³/mol. The van der Waals surface area contributed by atoms with Gasteiger partial charge in [0.15, 0.2) is 0 Å². The zero-order valence-corrected chi connectivity index (χ0v) is 25.2. The summed E-state index contributed by atoms with van der Waals surface area (Å²) in [5.74, 6) is -1.49. The van der Waals surface area contributed by atoms with Crippen LogP contribution in [-0.2, 0) is 39.2 Å². The predicted octanol–water partition coefficient (Wildman–Crippen LogP) is 1.54. The largest absolute Gasteiger partial charge is 0.481 e. The van der Waals surface area contributed by atoms with Gasteiger partial charge in [-0.1, -0.05) is 19.1 Å². The Morgan fingerprint density at radius 3 is 1.54 bits per heavy atom. The Balaban J connectivity index is 4.78. The van der Waals surface area contributed by atoms with E-state index in [1.807, 2.05) is 0 Å². The minimum atomic E-state index is -4.02. The third-order valence-corrected chi connectivity index (χ3v) is 9.07. The number of carboxylic acid groups (broad SMARTS) is 1. The molecule has 0 bridgehead atoms. The Kier molecular flexibility index (Phi) is 19.9. The van der Waals surface area contributed by atoms with E-state index in [9.17, 15) is 21.6 Å². The molecule has 0 aliphatic heterocycles. The third kappa shape index (κ3) is 25.4. The maximum Gasteiger partial charge on any atom is 0.305 e. The zero-order valence-electron chi connectivity index (χ0n) is 22.4. The van der Waals surface area contributed by atoms with Crippen LogP contribution >= 0.6 is 0 Å². The van der Waals surface area contributed by atoms with E-state index < -0.39 is 35.0 Å². The first-order valence-corrected chi connectivity index (χ1v) is 19.3. The highest BCUT2D eigenvalue weighted by molar-refractivity contribution is 7.86. The van der Waals surface area contributed by atoms with E-state index in [4.69, 9.17) is 28.4 Å². The Morgan fingerprint density at radius 1 is 0.676 bits per heavy atom. The lowest BCUT2D eigenvalue weighted by molar-refractivity contribution is -0.929. The molecule has 0 aromatic rings.